The van der Waals surface area contributed by atoms with Gasteiger partial charge in [-0.3, -0.25) is 4.79 Å². The van der Waals surface area contributed by atoms with Crippen LogP contribution in [0, 0.1) is 20.8 Å². The summed E-state index contributed by atoms with van der Waals surface area (Å²) in [6, 6.07) is 15.0. The van der Waals surface area contributed by atoms with Gasteiger partial charge >= 0.3 is 0 Å². The predicted octanol–water partition coefficient (Wildman–Crippen LogP) is 5.36. The minimum atomic E-state index is 0.101. The van der Waals surface area contributed by atoms with Crippen LogP contribution >= 0.6 is 11.3 Å². The van der Waals surface area contributed by atoms with Gasteiger partial charge in [0.25, 0.3) is 5.91 Å². The molecule has 4 heterocycles. The number of thiophene rings is 1. The number of amides is 1. The van der Waals surface area contributed by atoms with Gasteiger partial charge in [-0.15, -0.1) is 11.3 Å². The third-order valence-corrected chi connectivity index (χ3v) is 7.33. The van der Waals surface area contributed by atoms with Crippen molar-refractivity contribution in [2.45, 2.75) is 33.7 Å². The average molecular weight is 445 g/mol. The molecule has 6 heteroatoms. The number of hydrogen-bond donors (Lipinski definition) is 0. The van der Waals surface area contributed by atoms with Gasteiger partial charge in [-0.25, -0.2) is 4.98 Å². The first kappa shape index (κ1) is 20.8. The van der Waals surface area contributed by atoms with E-state index in [-0.39, 0.29) is 11.9 Å². The quantitative estimate of drug-likeness (QED) is 0.427. The molecule has 1 aliphatic heterocycles. The number of aromatic nitrogens is 2. The molecule has 4 aromatic rings. The molecule has 5 nitrogen and oxygen atoms in total. The molecule has 1 fully saturated rings. The number of carbonyl (C=O) groups excluding carboxylic acids is 1. The maximum absolute atomic E-state index is 13.8. The van der Waals surface area contributed by atoms with Crippen molar-refractivity contribution in [3.63, 3.8) is 0 Å². The number of benzene rings is 1. The molecule has 1 saturated heterocycles. The van der Waals surface area contributed by atoms with Crippen molar-refractivity contribution in [1.29, 1.82) is 0 Å². The van der Waals surface area contributed by atoms with Gasteiger partial charge in [0.1, 0.15) is 9.71 Å². The summed E-state index contributed by atoms with van der Waals surface area (Å²) in [5, 5.41) is 1.08. The van der Waals surface area contributed by atoms with Crippen LogP contribution in [0.1, 0.15) is 33.4 Å². The molecule has 0 bridgehead atoms. The Morgan fingerprint density at radius 1 is 1.06 bits per heavy atom. The fraction of sp³-hybridized carbons (Fsp3) is 0.308. The Bertz CT molecular complexity index is 1290. The van der Waals surface area contributed by atoms with Gasteiger partial charge in [0, 0.05) is 54.8 Å². The maximum Gasteiger partial charge on any atom is 0.266 e. The van der Waals surface area contributed by atoms with Crippen LogP contribution in [-0.2, 0) is 0 Å². The van der Waals surface area contributed by atoms with E-state index in [1.165, 1.54) is 22.6 Å². The summed E-state index contributed by atoms with van der Waals surface area (Å²) in [6.45, 7) is 10.7. The van der Waals surface area contributed by atoms with Crippen LogP contribution < -0.4 is 4.90 Å². The number of nitrogens with zero attached hydrogens (tertiary/aromatic N) is 4. The van der Waals surface area contributed by atoms with Crippen molar-refractivity contribution >= 4 is 33.1 Å². The zero-order valence-electron chi connectivity index (χ0n) is 19.0. The lowest BCUT2D eigenvalue weighted by molar-refractivity contribution is 0.0731. The Labute approximate surface area is 192 Å². The Balaban J connectivity index is 1.49. The van der Waals surface area contributed by atoms with Crippen molar-refractivity contribution in [2.24, 2.45) is 0 Å². The number of hydrogen-bond acceptors (Lipinski definition) is 4. The van der Waals surface area contributed by atoms with Crippen molar-refractivity contribution in [3.05, 3.63) is 76.6 Å². The van der Waals surface area contributed by atoms with Gasteiger partial charge in [0.05, 0.1) is 5.69 Å². The average Bonchev–Trinajstić information content (AvgIpc) is 3.40. The van der Waals surface area contributed by atoms with Gasteiger partial charge in [0.15, 0.2) is 0 Å². The summed E-state index contributed by atoms with van der Waals surface area (Å²) in [7, 11) is 0. The Morgan fingerprint density at radius 3 is 2.56 bits per heavy atom. The van der Waals surface area contributed by atoms with Gasteiger partial charge in [-0.2, -0.15) is 0 Å². The van der Waals surface area contributed by atoms with Crippen LogP contribution in [0.5, 0.6) is 0 Å². The SMILES string of the molecule is Cc1cccc(N2CCN(C(=O)c3sc4nc(C)cc(C)c4c3-n3cccc3)C[C@@H]2C)c1. The second kappa shape index (κ2) is 8.10. The molecular weight excluding hydrogens is 416 g/mol. The topological polar surface area (TPSA) is 41.4 Å². The molecule has 1 aliphatic rings. The van der Waals surface area contributed by atoms with Crippen LogP contribution in [-0.4, -0.2) is 46.0 Å². The first-order valence-corrected chi connectivity index (χ1v) is 11.9. The van der Waals surface area contributed by atoms with Crippen LogP contribution in [0.15, 0.2) is 54.9 Å². The lowest BCUT2D eigenvalue weighted by Gasteiger charge is -2.41. The van der Waals surface area contributed by atoms with Crippen molar-refractivity contribution in [1.82, 2.24) is 14.5 Å². The van der Waals surface area contributed by atoms with Crippen LogP contribution in [0.25, 0.3) is 15.9 Å². The molecule has 32 heavy (non-hydrogen) atoms. The Hall–Kier alpha value is -3.12. The van der Waals surface area contributed by atoms with Gasteiger partial charge in [-0.1, -0.05) is 12.1 Å². The minimum absolute atomic E-state index is 0.101. The summed E-state index contributed by atoms with van der Waals surface area (Å²) in [5.41, 5.74) is 5.58. The number of aryl methyl sites for hydroxylation is 3. The van der Waals surface area contributed by atoms with E-state index in [0.29, 0.717) is 13.1 Å². The molecule has 3 aromatic heterocycles. The third kappa shape index (κ3) is 3.58. The summed E-state index contributed by atoms with van der Waals surface area (Å²) in [4.78, 5) is 24.7. The maximum atomic E-state index is 13.8. The minimum Gasteiger partial charge on any atom is -0.365 e. The predicted molar refractivity (Wildman–Crippen MR) is 132 cm³/mol. The molecule has 0 radical (unpaired) electrons. The van der Waals surface area contributed by atoms with Gasteiger partial charge < -0.3 is 14.4 Å². The zero-order valence-corrected chi connectivity index (χ0v) is 19.8. The molecular formula is C26H28N4OS. The van der Waals surface area contributed by atoms with Crippen molar-refractivity contribution in [2.75, 3.05) is 24.5 Å². The lowest BCUT2D eigenvalue weighted by Crippen LogP contribution is -2.53. The summed E-state index contributed by atoms with van der Waals surface area (Å²) in [5.74, 6) is 0.101. The van der Waals surface area contributed by atoms with Gasteiger partial charge in [-0.05, 0) is 69.2 Å². The smallest absolute Gasteiger partial charge is 0.266 e. The highest BCUT2D eigenvalue weighted by atomic mass is 32.1. The van der Waals surface area contributed by atoms with E-state index in [1.807, 2.05) is 36.4 Å². The monoisotopic (exact) mass is 444 g/mol. The van der Waals surface area contributed by atoms with E-state index in [4.69, 9.17) is 4.98 Å². The fourth-order valence-corrected chi connectivity index (χ4v) is 6.04. The molecule has 164 valence electrons. The normalized spacial score (nSPS) is 16.7. The van der Waals surface area contributed by atoms with Gasteiger partial charge in [0.2, 0.25) is 0 Å². The number of pyridine rings is 1. The molecule has 0 spiro atoms. The van der Waals surface area contributed by atoms with Crippen LogP contribution in [0.4, 0.5) is 5.69 Å². The third-order valence-electron chi connectivity index (χ3n) is 6.27. The number of fused-ring (bicyclic) bond motifs is 1. The highest BCUT2D eigenvalue weighted by Gasteiger charge is 2.31. The molecule has 0 N–H and O–H groups in total. The van der Waals surface area contributed by atoms with Crippen LogP contribution in [0.3, 0.4) is 0 Å². The Morgan fingerprint density at radius 2 is 1.84 bits per heavy atom. The standard InChI is InChI=1S/C26H28N4OS/c1-17-8-7-9-21(14-17)30-13-12-29(16-20(30)4)26(31)24-23(28-10-5-6-11-28)22-18(2)15-19(3)27-25(22)32-24/h5-11,14-15,20H,12-13,16H2,1-4H3/t20-/m0/s1. The van der Waals surface area contributed by atoms with E-state index in [2.05, 4.69) is 60.6 Å². The molecule has 1 atom stereocenters. The second-order valence-electron chi connectivity index (χ2n) is 8.76. The molecule has 0 saturated carbocycles. The van der Waals surface area contributed by atoms with E-state index >= 15 is 0 Å². The first-order chi connectivity index (χ1) is 15.4. The second-order valence-corrected chi connectivity index (χ2v) is 9.76. The lowest BCUT2D eigenvalue weighted by atomic mass is 10.1. The molecule has 1 amide bonds. The van der Waals surface area contributed by atoms with E-state index in [9.17, 15) is 4.79 Å². The Kier molecular flexibility index (Phi) is 5.25. The number of anilines is 1. The molecule has 1 aromatic carbocycles. The molecule has 0 aliphatic carbocycles. The number of carbonyl (C=O) groups is 1. The van der Waals surface area contributed by atoms with Crippen molar-refractivity contribution < 1.29 is 4.79 Å². The van der Waals surface area contributed by atoms with E-state index in [0.717, 1.165) is 38.6 Å². The largest absolute Gasteiger partial charge is 0.365 e. The first-order valence-electron chi connectivity index (χ1n) is 11.1. The van der Waals surface area contributed by atoms with E-state index < -0.39 is 0 Å². The highest BCUT2D eigenvalue weighted by molar-refractivity contribution is 7.21. The number of rotatable bonds is 3. The summed E-state index contributed by atoms with van der Waals surface area (Å²) >= 11 is 1.52. The summed E-state index contributed by atoms with van der Waals surface area (Å²) in [6.07, 6.45) is 4.02. The number of piperazine rings is 1. The zero-order chi connectivity index (χ0) is 22.4. The fourth-order valence-electron chi connectivity index (χ4n) is 4.77. The molecule has 5 rings (SSSR count). The highest BCUT2D eigenvalue weighted by Crippen LogP contribution is 2.37. The van der Waals surface area contributed by atoms with Crippen LogP contribution in [0.2, 0.25) is 0 Å². The van der Waals surface area contributed by atoms with Crippen molar-refractivity contribution in [3.8, 4) is 5.69 Å². The summed E-state index contributed by atoms with van der Waals surface area (Å²) < 4.78 is 2.06. The molecule has 0 unspecified atom stereocenters. The van der Waals surface area contributed by atoms with E-state index in [1.54, 1.807) is 0 Å².